The van der Waals surface area contributed by atoms with Crippen LogP contribution in [0.2, 0.25) is 0 Å². The van der Waals surface area contributed by atoms with Gasteiger partial charge in [-0.05, 0) is 37.4 Å². The molecule has 2 N–H and O–H groups in total. The van der Waals surface area contributed by atoms with Crippen molar-refractivity contribution in [2.75, 3.05) is 50.6 Å². The molecular weight excluding hydrogens is 430 g/mol. The van der Waals surface area contributed by atoms with Crippen LogP contribution in [0.25, 0.3) is 11.0 Å². The van der Waals surface area contributed by atoms with Crippen molar-refractivity contribution < 1.29 is 9.53 Å². The van der Waals surface area contributed by atoms with Crippen molar-refractivity contribution in [2.45, 2.75) is 6.42 Å². The van der Waals surface area contributed by atoms with E-state index in [9.17, 15) is 4.79 Å². The molecule has 0 spiro atoms. The highest BCUT2D eigenvalue weighted by molar-refractivity contribution is 5.98. The number of esters is 1. The lowest BCUT2D eigenvalue weighted by Crippen LogP contribution is -2.44. The number of H-pyrrole nitrogens is 1. The van der Waals surface area contributed by atoms with E-state index < -0.39 is 5.97 Å². The summed E-state index contributed by atoms with van der Waals surface area (Å²) in [5, 5.41) is 3.28. The smallest absolute Gasteiger partial charge is 0.339 e. The van der Waals surface area contributed by atoms with Crippen LogP contribution in [0.15, 0.2) is 54.9 Å². The zero-order valence-electron chi connectivity index (χ0n) is 19.3. The summed E-state index contributed by atoms with van der Waals surface area (Å²) in [7, 11) is 3.52. The van der Waals surface area contributed by atoms with E-state index in [1.54, 1.807) is 12.1 Å². The van der Waals surface area contributed by atoms with Crippen molar-refractivity contribution in [3.63, 3.8) is 0 Å². The summed E-state index contributed by atoms with van der Waals surface area (Å²) in [6.07, 6.45) is 4.25. The number of fused-ring (bicyclic) bond motifs is 1. The Morgan fingerprint density at radius 3 is 2.68 bits per heavy atom. The number of hydrogen-bond donors (Lipinski definition) is 2. The van der Waals surface area contributed by atoms with Gasteiger partial charge in [-0.3, -0.25) is 4.98 Å². The number of benzene rings is 1. The fourth-order valence-electron chi connectivity index (χ4n) is 4.11. The van der Waals surface area contributed by atoms with Gasteiger partial charge in [0.1, 0.15) is 11.3 Å². The molecular formula is C25H27N7O2. The van der Waals surface area contributed by atoms with Crippen LogP contribution in [-0.2, 0) is 11.2 Å². The first-order valence-electron chi connectivity index (χ1n) is 11.3. The molecule has 0 aliphatic carbocycles. The lowest BCUT2D eigenvalue weighted by atomic mass is 10.1. The topological polar surface area (TPSA) is 99.3 Å². The van der Waals surface area contributed by atoms with Gasteiger partial charge in [-0.25, -0.2) is 14.8 Å². The fraction of sp³-hybridized carbons (Fsp3) is 0.280. The first-order valence-corrected chi connectivity index (χ1v) is 11.3. The Morgan fingerprint density at radius 1 is 1.09 bits per heavy atom. The molecule has 9 heteroatoms. The maximum atomic E-state index is 12.2. The fourth-order valence-corrected chi connectivity index (χ4v) is 4.11. The van der Waals surface area contributed by atoms with Crippen LogP contribution >= 0.6 is 0 Å². The average molecular weight is 458 g/mol. The molecule has 34 heavy (non-hydrogen) atoms. The average Bonchev–Trinajstić information content (AvgIpc) is 3.34. The van der Waals surface area contributed by atoms with Gasteiger partial charge in [-0.2, -0.15) is 0 Å². The minimum atomic E-state index is -0.412. The van der Waals surface area contributed by atoms with Crippen LogP contribution in [0.4, 0.5) is 17.2 Å². The van der Waals surface area contributed by atoms with Gasteiger partial charge in [0, 0.05) is 38.1 Å². The zero-order valence-corrected chi connectivity index (χ0v) is 19.3. The lowest BCUT2D eigenvalue weighted by Gasteiger charge is -2.33. The van der Waals surface area contributed by atoms with E-state index in [-0.39, 0.29) is 0 Å². The minimum Gasteiger partial charge on any atom is -0.465 e. The third kappa shape index (κ3) is 4.55. The standard InChI is InChI=1S/C25H27N7O2/c1-31-11-13-32(14-12-31)18-8-7-17(27-16-18)15-22-28-21-9-10-26-23(21)24(30-22)29-20-6-4-3-5-19(20)25(33)34-2/h3-10,16,26H,11-15H2,1-2H3,(H,28,29,30). The molecule has 174 valence electrons. The van der Waals surface area contributed by atoms with Crippen molar-refractivity contribution in [3.8, 4) is 0 Å². The summed E-state index contributed by atoms with van der Waals surface area (Å²) >= 11 is 0. The van der Waals surface area contributed by atoms with Crippen LogP contribution < -0.4 is 10.2 Å². The molecule has 0 atom stereocenters. The van der Waals surface area contributed by atoms with Crippen molar-refractivity contribution in [3.05, 3.63) is 71.9 Å². The SMILES string of the molecule is COC(=O)c1ccccc1Nc1nc(Cc2ccc(N3CCN(C)CC3)cn2)nc2cc[nH]c12. The van der Waals surface area contributed by atoms with Crippen LogP contribution in [0.3, 0.4) is 0 Å². The number of aromatic amines is 1. The molecule has 0 bridgehead atoms. The summed E-state index contributed by atoms with van der Waals surface area (Å²) in [5.74, 6) is 0.824. The number of rotatable bonds is 6. The van der Waals surface area contributed by atoms with Crippen LogP contribution in [-0.4, -0.2) is 71.1 Å². The van der Waals surface area contributed by atoms with Crippen LogP contribution in [0.5, 0.6) is 0 Å². The Labute approximate surface area is 197 Å². The molecule has 1 saturated heterocycles. The molecule has 0 amide bonds. The molecule has 1 aromatic carbocycles. The second-order valence-electron chi connectivity index (χ2n) is 8.36. The summed E-state index contributed by atoms with van der Waals surface area (Å²) in [6, 6.07) is 13.3. The van der Waals surface area contributed by atoms with E-state index in [4.69, 9.17) is 14.7 Å². The first kappa shape index (κ1) is 21.8. The van der Waals surface area contributed by atoms with Gasteiger partial charge in [0.25, 0.3) is 0 Å². The number of pyridine rings is 1. The van der Waals surface area contributed by atoms with Crippen molar-refractivity contribution in [2.24, 2.45) is 0 Å². The quantitative estimate of drug-likeness (QED) is 0.426. The molecule has 1 aliphatic heterocycles. The number of piperazine rings is 1. The zero-order chi connectivity index (χ0) is 23.5. The summed E-state index contributed by atoms with van der Waals surface area (Å²) in [6.45, 7) is 4.13. The van der Waals surface area contributed by atoms with Crippen molar-refractivity contribution in [1.82, 2.24) is 24.8 Å². The number of hydrogen-bond acceptors (Lipinski definition) is 8. The number of methoxy groups -OCH3 is 1. The van der Waals surface area contributed by atoms with Crippen LogP contribution in [0.1, 0.15) is 21.9 Å². The Hall–Kier alpha value is -3.98. The van der Waals surface area contributed by atoms with E-state index in [0.717, 1.165) is 48.6 Å². The summed E-state index contributed by atoms with van der Waals surface area (Å²) in [4.78, 5) is 34.2. The van der Waals surface area contributed by atoms with Gasteiger partial charge >= 0.3 is 5.97 Å². The highest BCUT2D eigenvalue weighted by atomic mass is 16.5. The largest absolute Gasteiger partial charge is 0.465 e. The molecule has 0 saturated carbocycles. The molecule has 3 aromatic heterocycles. The van der Waals surface area contributed by atoms with E-state index >= 15 is 0 Å². The van der Waals surface area contributed by atoms with Crippen molar-refractivity contribution >= 4 is 34.2 Å². The predicted octanol–water partition coefficient (Wildman–Crippen LogP) is 3.23. The number of anilines is 3. The third-order valence-electron chi connectivity index (χ3n) is 6.05. The number of likely N-dealkylation sites (N-methyl/N-ethyl adjacent to an activating group) is 1. The Bertz CT molecular complexity index is 1290. The second kappa shape index (κ2) is 9.48. The minimum absolute atomic E-state index is 0.412. The van der Waals surface area contributed by atoms with E-state index in [2.05, 4.69) is 38.2 Å². The van der Waals surface area contributed by atoms with Gasteiger partial charge < -0.3 is 24.8 Å². The highest BCUT2D eigenvalue weighted by Gasteiger charge is 2.17. The number of nitrogens with one attached hydrogen (secondary N) is 2. The van der Waals surface area contributed by atoms with E-state index in [1.165, 1.54) is 7.11 Å². The number of para-hydroxylation sites is 1. The maximum Gasteiger partial charge on any atom is 0.339 e. The normalized spacial score (nSPS) is 14.4. The Kier molecular flexibility index (Phi) is 6.09. The third-order valence-corrected chi connectivity index (χ3v) is 6.05. The van der Waals surface area contributed by atoms with Gasteiger partial charge in [-0.15, -0.1) is 0 Å². The number of carbonyl (C=O) groups is 1. The molecule has 4 aromatic rings. The number of nitrogens with zero attached hydrogens (tertiary/aromatic N) is 5. The molecule has 0 radical (unpaired) electrons. The van der Waals surface area contributed by atoms with Gasteiger partial charge in [-0.1, -0.05) is 12.1 Å². The second-order valence-corrected chi connectivity index (χ2v) is 8.36. The highest BCUT2D eigenvalue weighted by Crippen LogP contribution is 2.26. The Morgan fingerprint density at radius 2 is 1.91 bits per heavy atom. The lowest BCUT2D eigenvalue weighted by molar-refractivity contribution is 0.0602. The molecule has 5 rings (SSSR count). The summed E-state index contributed by atoms with van der Waals surface area (Å²) < 4.78 is 4.91. The summed E-state index contributed by atoms with van der Waals surface area (Å²) in [5.41, 5.74) is 4.64. The molecule has 1 aliphatic rings. The number of aromatic nitrogens is 4. The van der Waals surface area contributed by atoms with E-state index in [1.807, 2.05) is 36.7 Å². The first-order chi connectivity index (χ1) is 16.6. The molecule has 4 heterocycles. The number of ether oxygens (including phenoxy) is 1. The van der Waals surface area contributed by atoms with Crippen LogP contribution in [0, 0.1) is 0 Å². The van der Waals surface area contributed by atoms with Crippen molar-refractivity contribution in [1.29, 1.82) is 0 Å². The number of carbonyl (C=O) groups excluding carboxylic acids is 1. The molecule has 9 nitrogen and oxygen atoms in total. The molecule has 0 unspecified atom stereocenters. The predicted molar refractivity (Wildman–Crippen MR) is 132 cm³/mol. The monoisotopic (exact) mass is 457 g/mol. The van der Waals surface area contributed by atoms with Gasteiger partial charge in [0.05, 0.1) is 42.2 Å². The van der Waals surface area contributed by atoms with Gasteiger partial charge in [0.15, 0.2) is 5.82 Å². The van der Waals surface area contributed by atoms with Gasteiger partial charge in [0.2, 0.25) is 0 Å². The Balaban J connectivity index is 1.39. The maximum absolute atomic E-state index is 12.2. The molecule has 1 fully saturated rings. The van der Waals surface area contributed by atoms with E-state index in [0.29, 0.717) is 29.3 Å².